The average Bonchev–Trinajstić information content (AvgIpc) is 3.03. The normalized spacial score (nSPS) is 14.2. The molecule has 178 valence electrons. The van der Waals surface area contributed by atoms with Crippen LogP contribution in [0.4, 0.5) is 4.79 Å². The van der Waals surface area contributed by atoms with Crippen LogP contribution in [0.1, 0.15) is 65.0 Å². The van der Waals surface area contributed by atoms with E-state index in [1.807, 2.05) is 65.8 Å². The van der Waals surface area contributed by atoms with Crippen LogP contribution >= 0.6 is 0 Å². The molecule has 2 aromatic rings. The molecule has 2 aromatic carbocycles. The van der Waals surface area contributed by atoms with Crippen LogP contribution in [0.3, 0.4) is 0 Å². The van der Waals surface area contributed by atoms with Gasteiger partial charge in [-0.15, -0.1) is 0 Å². The van der Waals surface area contributed by atoms with Gasteiger partial charge in [0.2, 0.25) is 0 Å². The predicted octanol–water partition coefficient (Wildman–Crippen LogP) is 5.44. The molecule has 0 fully saturated rings. The van der Waals surface area contributed by atoms with E-state index in [9.17, 15) is 9.59 Å². The van der Waals surface area contributed by atoms with Gasteiger partial charge in [-0.3, -0.25) is 0 Å². The van der Waals surface area contributed by atoms with Gasteiger partial charge in [-0.25, -0.2) is 9.59 Å². The largest absolute Gasteiger partial charge is 0.458 e. The minimum atomic E-state index is -0.780. The van der Waals surface area contributed by atoms with E-state index in [4.69, 9.17) is 14.2 Å². The first-order valence-electron chi connectivity index (χ1n) is 11.4. The predicted molar refractivity (Wildman–Crippen MR) is 128 cm³/mol. The molecule has 1 atom stereocenters. The van der Waals surface area contributed by atoms with Gasteiger partial charge in [-0.05, 0) is 63.8 Å². The topological polar surface area (TPSA) is 73.9 Å². The first-order chi connectivity index (χ1) is 15.4. The summed E-state index contributed by atoms with van der Waals surface area (Å²) in [4.78, 5) is 25.0. The average molecular weight is 454 g/mol. The van der Waals surface area contributed by atoms with Gasteiger partial charge in [0.25, 0.3) is 0 Å². The van der Waals surface area contributed by atoms with Crippen LogP contribution in [0.5, 0.6) is 0 Å². The van der Waals surface area contributed by atoms with E-state index in [2.05, 4.69) is 29.6 Å². The maximum atomic E-state index is 12.6. The molecule has 6 nitrogen and oxygen atoms in total. The van der Waals surface area contributed by atoms with Crippen molar-refractivity contribution >= 4 is 12.1 Å². The van der Waals surface area contributed by atoms with E-state index in [1.54, 1.807) is 0 Å². The van der Waals surface area contributed by atoms with Crippen LogP contribution in [0, 0.1) is 0 Å². The molecule has 0 aliphatic heterocycles. The number of ether oxygens (including phenoxy) is 3. The second-order valence-electron chi connectivity index (χ2n) is 10.3. The zero-order chi connectivity index (χ0) is 24.2. The number of carbonyl (C=O) groups is 2. The molecule has 3 rings (SSSR count). The lowest BCUT2D eigenvalue weighted by Crippen LogP contribution is -2.40. The fraction of sp³-hybridized carbons (Fsp3) is 0.481. The third-order valence-corrected chi connectivity index (χ3v) is 5.19. The molecule has 0 saturated heterocycles. The maximum absolute atomic E-state index is 12.6. The number of nitrogens with one attached hydrogen (secondary N) is 1. The van der Waals surface area contributed by atoms with Crippen molar-refractivity contribution < 1.29 is 23.8 Å². The Morgan fingerprint density at radius 2 is 1.42 bits per heavy atom. The second-order valence-corrected chi connectivity index (χ2v) is 10.3. The first kappa shape index (κ1) is 24.8. The summed E-state index contributed by atoms with van der Waals surface area (Å²) in [6.45, 7) is 11.6. The minimum Gasteiger partial charge on any atom is -0.458 e. The lowest BCUT2D eigenvalue weighted by Gasteiger charge is -2.29. The zero-order valence-corrected chi connectivity index (χ0v) is 20.4. The highest BCUT2D eigenvalue weighted by molar-refractivity contribution is 5.79. The standard InChI is InChI=1S/C27H35NO5/c1-26(2,3)32-23(24(29)33-27(4,5)6)15-16-28-25(30)31-17-22-20-13-9-7-11-18(20)19-12-8-10-14-21(19)22/h7-14,22-23H,15-17H2,1-6H3,(H,28,30)/t23-/m0/s1. The summed E-state index contributed by atoms with van der Waals surface area (Å²) >= 11 is 0. The Balaban J connectivity index is 1.55. The Bertz CT molecular complexity index is 941. The zero-order valence-electron chi connectivity index (χ0n) is 20.4. The van der Waals surface area contributed by atoms with Gasteiger partial charge >= 0.3 is 12.1 Å². The Labute approximate surface area is 196 Å². The number of fused-ring (bicyclic) bond motifs is 3. The molecule has 0 radical (unpaired) electrons. The summed E-state index contributed by atoms with van der Waals surface area (Å²) in [5.74, 6) is -0.436. The van der Waals surface area contributed by atoms with Gasteiger partial charge in [0.05, 0.1) is 5.60 Å². The second kappa shape index (κ2) is 9.96. The van der Waals surface area contributed by atoms with Gasteiger partial charge in [0.15, 0.2) is 6.10 Å². The van der Waals surface area contributed by atoms with E-state index in [1.165, 1.54) is 11.1 Å². The van der Waals surface area contributed by atoms with Crippen LogP contribution in [0.15, 0.2) is 48.5 Å². The summed E-state index contributed by atoms with van der Waals surface area (Å²) in [7, 11) is 0. The van der Waals surface area contributed by atoms with Crippen molar-refractivity contribution in [1.29, 1.82) is 0 Å². The fourth-order valence-corrected chi connectivity index (χ4v) is 3.97. The number of amides is 1. The van der Waals surface area contributed by atoms with Gasteiger partial charge in [0.1, 0.15) is 12.2 Å². The number of rotatable bonds is 7. The van der Waals surface area contributed by atoms with E-state index in [0.717, 1.165) is 11.1 Å². The van der Waals surface area contributed by atoms with Crippen LogP contribution in [-0.4, -0.2) is 42.5 Å². The third kappa shape index (κ3) is 6.81. The summed E-state index contributed by atoms with van der Waals surface area (Å²) in [6.07, 6.45) is -1.01. The summed E-state index contributed by atoms with van der Waals surface area (Å²) < 4.78 is 16.9. The smallest absolute Gasteiger partial charge is 0.407 e. The quantitative estimate of drug-likeness (QED) is 0.565. The van der Waals surface area contributed by atoms with E-state index >= 15 is 0 Å². The van der Waals surface area contributed by atoms with Gasteiger partial charge in [-0.2, -0.15) is 0 Å². The fourth-order valence-electron chi connectivity index (χ4n) is 3.97. The van der Waals surface area contributed by atoms with Crippen molar-refractivity contribution in [2.75, 3.05) is 13.2 Å². The molecule has 1 aliphatic rings. The van der Waals surface area contributed by atoms with E-state index in [-0.39, 0.29) is 25.5 Å². The molecule has 1 aliphatic carbocycles. The highest BCUT2D eigenvalue weighted by Gasteiger charge is 2.31. The van der Waals surface area contributed by atoms with Crippen molar-refractivity contribution in [3.05, 3.63) is 59.7 Å². The van der Waals surface area contributed by atoms with Gasteiger partial charge in [-0.1, -0.05) is 48.5 Å². The number of benzene rings is 2. The highest BCUT2D eigenvalue weighted by Crippen LogP contribution is 2.44. The molecule has 1 amide bonds. The molecule has 0 saturated carbocycles. The number of hydrogen-bond acceptors (Lipinski definition) is 5. The SMILES string of the molecule is CC(C)(C)OC(=O)[C@H](CCNC(=O)OCC1c2ccccc2-c2ccccc21)OC(C)(C)C. The highest BCUT2D eigenvalue weighted by atomic mass is 16.6. The van der Waals surface area contributed by atoms with E-state index in [0.29, 0.717) is 0 Å². The van der Waals surface area contributed by atoms with E-state index < -0.39 is 29.4 Å². The Hall–Kier alpha value is -2.86. The number of alkyl carbamates (subject to hydrolysis) is 1. The Morgan fingerprint density at radius 1 is 0.879 bits per heavy atom. The molecule has 6 heteroatoms. The molecule has 0 aromatic heterocycles. The molecule has 1 N–H and O–H groups in total. The first-order valence-corrected chi connectivity index (χ1v) is 11.4. The minimum absolute atomic E-state index is 0.00175. The lowest BCUT2D eigenvalue weighted by atomic mass is 9.98. The molecular weight excluding hydrogens is 418 g/mol. The molecule has 0 bridgehead atoms. The van der Waals surface area contributed by atoms with Crippen molar-refractivity contribution in [1.82, 2.24) is 5.32 Å². The van der Waals surface area contributed by atoms with Crippen LogP contribution in [0.25, 0.3) is 11.1 Å². The van der Waals surface area contributed by atoms with Gasteiger partial charge in [0, 0.05) is 18.9 Å². The summed E-state index contributed by atoms with van der Waals surface area (Å²) in [6, 6.07) is 16.4. The number of hydrogen-bond donors (Lipinski definition) is 1. The van der Waals surface area contributed by atoms with Crippen molar-refractivity contribution in [3.63, 3.8) is 0 Å². The monoisotopic (exact) mass is 453 g/mol. The molecular formula is C27H35NO5. The van der Waals surface area contributed by atoms with Crippen molar-refractivity contribution in [3.8, 4) is 11.1 Å². The molecule has 0 spiro atoms. The maximum Gasteiger partial charge on any atom is 0.407 e. The summed E-state index contributed by atoms with van der Waals surface area (Å²) in [5, 5.41) is 2.74. The molecule has 0 heterocycles. The van der Waals surface area contributed by atoms with Crippen molar-refractivity contribution in [2.24, 2.45) is 0 Å². The van der Waals surface area contributed by atoms with Crippen LogP contribution in [0.2, 0.25) is 0 Å². The van der Waals surface area contributed by atoms with Crippen LogP contribution in [-0.2, 0) is 19.0 Å². The number of carbonyl (C=O) groups excluding carboxylic acids is 2. The van der Waals surface area contributed by atoms with Crippen LogP contribution < -0.4 is 5.32 Å². The Morgan fingerprint density at radius 3 is 1.94 bits per heavy atom. The molecule has 0 unspecified atom stereocenters. The van der Waals surface area contributed by atoms with Crippen molar-refractivity contribution in [2.45, 2.75) is 71.2 Å². The third-order valence-electron chi connectivity index (χ3n) is 5.19. The number of esters is 1. The molecule has 33 heavy (non-hydrogen) atoms. The summed E-state index contributed by atoms with van der Waals surface area (Å²) in [5.41, 5.74) is 3.55. The Kier molecular flexibility index (Phi) is 7.48. The lowest BCUT2D eigenvalue weighted by molar-refractivity contribution is -0.177. The van der Waals surface area contributed by atoms with Gasteiger partial charge < -0.3 is 19.5 Å².